The Balaban J connectivity index is 1.47. The van der Waals surface area contributed by atoms with E-state index in [2.05, 4.69) is 15.5 Å². The number of ether oxygens (including phenoxy) is 1. The summed E-state index contributed by atoms with van der Waals surface area (Å²) in [5, 5.41) is 6.21. The molecule has 2 amide bonds. The van der Waals surface area contributed by atoms with E-state index < -0.39 is 5.72 Å². The summed E-state index contributed by atoms with van der Waals surface area (Å²) in [6, 6.07) is 7.40. The molecule has 1 heterocycles. The van der Waals surface area contributed by atoms with Gasteiger partial charge in [0, 0.05) is 31.3 Å². The molecule has 2 N–H and O–H groups in total. The van der Waals surface area contributed by atoms with Crippen LogP contribution in [0.4, 0.5) is 0 Å². The summed E-state index contributed by atoms with van der Waals surface area (Å²) in [6.07, 6.45) is 3.51. The maximum atomic E-state index is 12.6. The molecule has 3 saturated carbocycles. The number of carbonyl (C=O) groups is 2. The Morgan fingerprint density at radius 1 is 1.35 bits per heavy atom. The second kappa shape index (κ2) is 6.58. The third kappa shape index (κ3) is 2.96. The average Bonchev–Trinajstić information content (AvgIpc) is 2.61. The summed E-state index contributed by atoms with van der Waals surface area (Å²) in [6.45, 7) is 1.51. The molecule has 0 radical (unpaired) electrons. The molecule has 140 valence electrons. The van der Waals surface area contributed by atoms with Crippen molar-refractivity contribution >= 4 is 11.8 Å². The Kier molecular flexibility index (Phi) is 4.39. The van der Waals surface area contributed by atoms with Crippen LogP contribution in [0.15, 0.2) is 24.3 Å². The van der Waals surface area contributed by atoms with Crippen molar-refractivity contribution in [3.05, 3.63) is 29.8 Å². The fraction of sp³-hybridized carbons (Fsp3) is 0.600. The van der Waals surface area contributed by atoms with E-state index in [0.717, 1.165) is 25.8 Å². The van der Waals surface area contributed by atoms with Crippen molar-refractivity contribution in [2.24, 2.45) is 17.8 Å². The molecule has 5 rings (SSSR count). The Morgan fingerprint density at radius 3 is 2.88 bits per heavy atom. The maximum absolute atomic E-state index is 12.6. The minimum atomic E-state index is -0.644. The highest BCUT2D eigenvalue weighted by molar-refractivity contribution is 5.98. The van der Waals surface area contributed by atoms with Crippen molar-refractivity contribution in [3.63, 3.8) is 0 Å². The SMILES string of the molecule is CN(C)CCNC(=O)[C@H]1C[C@H]2CC[C@H]1C[C@@]21NC(=O)c2ccccc2O1. The van der Waals surface area contributed by atoms with Gasteiger partial charge in [-0.15, -0.1) is 0 Å². The third-order valence-corrected chi connectivity index (χ3v) is 6.16. The quantitative estimate of drug-likeness (QED) is 0.859. The van der Waals surface area contributed by atoms with Gasteiger partial charge >= 0.3 is 0 Å². The monoisotopic (exact) mass is 357 g/mol. The predicted molar refractivity (Wildman–Crippen MR) is 97.8 cm³/mol. The minimum absolute atomic E-state index is 0.0270. The molecular weight excluding hydrogens is 330 g/mol. The first-order chi connectivity index (χ1) is 12.5. The Hall–Kier alpha value is -2.08. The molecule has 1 spiro atoms. The highest BCUT2D eigenvalue weighted by Crippen LogP contribution is 2.52. The number of rotatable bonds is 4. The number of carbonyl (C=O) groups excluding carboxylic acids is 2. The lowest BCUT2D eigenvalue weighted by molar-refractivity contribution is -0.146. The highest BCUT2D eigenvalue weighted by atomic mass is 16.5. The van der Waals surface area contributed by atoms with Gasteiger partial charge in [0.25, 0.3) is 5.91 Å². The third-order valence-electron chi connectivity index (χ3n) is 6.16. The van der Waals surface area contributed by atoms with Gasteiger partial charge < -0.3 is 20.3 Å². The lowest BCUT2D eigenvalue weighted by atomic mass is 9.60. The molecule has 3 fully saturated rings. The minimum Gasteiger partial charge on any atom is -0.467 e. The largest absolute Gasteiger partial charge is 0.467 e. The number of amides is 2. The molecular formula is C20H27N3O3. The van der Waals surface area contributed by atoms with Crippen LogP contribution in [0.25, 0.3) is 0 Å². The van der Waals surface area contributed by atoms with Crippen LogP contribution in [0, 0.1) is 17.8 Å². The van der Waals surface area contributed by atoms with Gasteiger partial charge in [-0.2, -0.15) is 0 Å². The van der Waals surface area contributed by atoms with E-state index in [0.29, 0.717) is 24.3 Å². The summed E-state index contributed by atoms with van der Waals surface area (Å²) in [4.78, 5) is 27.3. The molecule has 0 unspecified atom stereocenters. The number of fused-ring (bicyclic) bond motifs is 3. The van der Waals surface area contributed by atoms with Crippen LogP contribution in [-0.4, -0.2) is 49.6 Å². The molecule has 2 bridgehead atoms. The highest BCUT2D eigenvalue weighted by Gasteiger charge is 2.57. The predicted octanol–water partition coefficient (Wildman–Crippen LogP) is 1.62. The zero-order valence-electron chi connectivity index (χ0n) is 15.5. The summed E-state index contributed by atoms with van der Waals surface area (Å²) in [7, 11) is 4.00. The second-order valence-corrected chi connectivity index (χ2v) is 8.12. The van der Waals surface area contributed by atoms with Crippen LogP contribution in [-0.2, 0) is 4.79 Å². The summed E-state index contributed by atoms with van der Waals surface area (Å²) >= 11 is 0. The molecule has 1 aromatic rings. The van der Waals surface area contributed by atoms with E-state index in [9.17, 15) is 9.59 Å². The average molecular weight is 357 g/mol. The van der Waals surface area contributed by atoms with Crippen molar-refractivity contribution in [2.75, 3.05) is 27.2 Å². The van der Waals surface area contributed by atoms with Gasteiger partial charge in [-0.1, -0.05) is 12.1 Å². The Bertz CT molecular complexity index is 720. The molecule has 1 aromatic carbocycles. The van der Waals surface area contributed by atoms with Crippen molar-refractivity contribution in [2.45, 2.75) is 31.4 Å². The summed E-state index contributed by atoms with van der Waals surface area (Å²) in [5.74, 6) is 1.21. The van der Waals surface area contributed by atoms with E-state index in [-0.39, 0.29) is 29.6 Å². The molecule has 3 aliphatic carbocycles. The summed E-state index contributed by atoms with van der Waals surface area (Å²) in [5.41, 5.74) is -0.0491. The van der Waals surface area contributed by atoms with E-state index in [1.54, 1.807) is 6.07 Å². The van der Waals surface area contributed by atoms with E-state index in [1.807, 2.05) is 32.3 Å². The van der Waals surface area contributed by atoms with Gasteiger partial charge in [0.15, 0.2) is 5.72 Å². The molecule has 0 saturated heterocycles. The second-order valence-electron chi connectivity index (χ2n) is 8.12. The Labute approximate surface area is 154 Å². The topological polar surface area (TPSA) is 70.7 Å². The van der Waals surface area contributed by atoms with Crippen LogP contribution < -0.4 is 15.4 Å². The lowest BCUT2D eigenvalue weighted by Gasteiger charge is -2.55. The van der Waals surface area contributed by atoms with Gasteiger partial charge in [0.1, 0.15) is 5.75 Å². The number of likely N-dealkylation sites (N-methyl/N-ethyl adjacent to an activating group) is 1. The number of nitrogens with zero attached hydrogens (tertiary/aromatic N) is 1. The van der Waals surface area contributed by atoms with Crippen molar-refractivity contribution in [3.8, 4) is 5.75 Å². The first-order valence-electron chi connectivity index (χ1n) is 9.51. The fourth-order valence-electron chi connectivity index (χ4n) is 4.81. The van der Waals surface area contributed by atoms with Crippen molar-refractivity contribution < 1.29 is 14.3 Å². The van der Waals surface area contributed by atoms with E-state index >= 15 is 0 Å². The molecule has 0 aromatic heterocycles. The van der Waals surface area contributed by atoms with E-state index in [1.165, 1.54) is 0 Å². The summed E-state index contributed by atoms with van der Waals surface area (Å²) < 4.78 is 6.34. The lowest BCUT2D eigenvalue weighted by Crippen LogP contribution is -2.67. The van der Waals surface area contributed by atoms with Crippen LogP contribution in [0.5, 0.6) is 5.75 Å². The normalized spacial score (nSPS) is 32.1. The number of para-hydroxylation sites is 1. The van der Waals surface area contributed by atoms with Gasteiger partial charge in [0.05, 0.1) is 5.56 Å². The molecule has 4 atom stereocenters. The van der Waals surface area contributed by atoms with E-state index in [4.69, 9.17) is 4.74 Å². The number of hydrogen-bond acceptors (Lipinski definition) is 4. The number of hydrogen-bond donors (Lipinski definition) is 2. The van der Waals surface area contributed by atoms with Gasteiger partial charge in [-0.25, -0.2) is 0 Å². The molecule has 1 aliphatic heterocycles. The molecule has 26 heavy (non-hydrogen) atoms. The fourth-order valence-corrected chi connectivity index (χ4v) is 4.81. The van der Waals surface area contributed by atoms with Crippen LogP contribution in [0.1, 0.15) is 36.0 Å². The maximum Gasteiger partial charge on any atom is 0.258 e. The van der Waals surface area contributed by atoms with Crippen LogP contribution in [0.3, 0.4) is 0 Å². The molecule has 6 heteroatoms. The molecule has 4 aliphatic rings. The van der Waals surface area contributed by atoms with Crippen LogP contribution >= 0.6 is 0 Å². The number of benzene rings is 1. The zero-order valence-corrected chi connectivity index (χ0v) is 15.5. The first-order valence-corrected chi connectivity index (χ1v) is 9.51. The van der Waals surface area contributed by atoms with Crippen molar-refractivity contribution in [1.29, 1.82) is 0 Å². The van der Waals surface area contributed by atoms with Crippen LogP contribution in [0.2, 0.25) is 0 Å². The van der Waals surface area contributed by atoms with Gasteiger partial charge in [-0.05, 0) is 51.4 Å². The Morgan fingerprint density at radius 2 is 2.15 bits per heavy atom. The van der Waals surface area contributed by atoms with Gasteiger partial charge in [-0.3, -0.25) is 9.59 Å². The first kappa shape index (κ1) is 17.3. The van der Waals surface area contributed by atoms with Gasteiger partial charge in [0.2, 0.25) is 5.91 Å². The zero-order chi connectivity index (χ0) is 18.3. The van der Waals surface area contributed by atoms with Crippen molar-refractivity contribution in [1.82, 2.24) is 15.5 Å². The smallest absolute Gasteiger partial charge is 0.258 e. The molecule has 6 nitrogen and oxygen atoms in total. The number of nitrogens with one attached hydrogen (secondary N) is 2. The standard InChI is InChI=1S/C20H27N3O3/c1-23(2)10-9-21-18(24)16-11-14-8-7-13(16)12-20(14)22-19(25)15-5-3-4-6-17(15)26-20/h3-6,13-14,16H,7-12H2,1-2H3,(H,21,24)(H,22,25)/t13-,14+,16-,20-/m0/s1.